The van der Waals surface area contributed by atoms with Crippen molar-refractivity contribution in [1.82, 2.24) is 15.1 Å². The van der Waals surface area contributed by atoms with Gasteiger partial charge in [-0.3, -0.25) is 4.79 Å². The Bertz CT molecular complexity index is 343. The first-order chi connectivity index (χ1) is 9.58. The molecule has 0 unspecified atom stereocenters. The molecule has 1 saturated heterocycles. The SMILES string of the molecule is CC(C)NC(=O)N1CCN(C(=O)C2CCCCC2)CC1. The van der Waals surface area contributed by atoms with Crippen molar-refractivity contribution in [3.8, 4) is 0 Å². The third-order valence-corrected chi connectivity index (χ3v) is 4.25. The summed E-state index contributed by atoms with van der Waals surface area (Å²) in [6, 6.07) is 0.147. The van der Waals surface area contributed by atoms with Gasteiger partial charge in [0.2, 0.25) is 5.91 Å². The number of urea groups is 1. The largest absolute Gasteiger partial charge is 0.339 e. The zero-order valence-corrected chi connectivity index (χ0v) is 12.7. The standard InChI is InChI=1S/C15H27N3O2/c1-12(2)16-15(20)18-10-8-17(9-11-18)14(19)13-6-4-3-5-7-13/h12-13H,3-11H2,1-2H3,(H,16,20). The van der Waals surface area contributed by atoms with E-state index in [9.17, 15) is 9.59 Å². The quantitative estimate of drug-likeness (QED) is 0.839. The summed E-state index contributed by atoms with van der Waals surface area (Å²) in [4.78, 5) is 28.1. The first-order valence-corrected chi connectivity index (χ1v) is 7.92. The molecule has 3 amide bonds. The molecule has 0 aromatic rings. The fourth-order valence-corrected chi connectivity index (χ4v) is 3.08. The molecule has 1 aliphatic carbocycles. The molecule has 1 aliphatic heterocycles. The van der Waals surface area contributed by atoms with Crippen molar-refractivity contribution in [1.29, 1.82) is 0 Å². The lowest BCUT2D eigenvalue weighted by atomic mass is 9.88. The summed E-state index contributed by atoms with van der Waals surface area (Å²) >= 11 is 0. The van der Waals surface area contributed by atoms with Crippen LogP contribution >= 0.6 is 0 Å². The van der Waals surface area contributed by atoms with E-state index in [-0.39, 0.29) is 18.0 Å². The summed E-state index contributed by atoms with van der Waals surface area (Å²) in [6.45, 7) is 6.58. The third kappa shape index (κ3) is 3.87. The van der Waals surface area contributed by atoms with Crippen LogP contribution in [0, 0.1) is 5.92 Å². The van der Waals surface area contributed by atoms with Crippen LogP contribution in [-0.2, 0) is 4.79 Å². The first kappa shape index (κ1) is 15.1. The smallest absolute Gasteiger partial charge is 0.317 e. The van der Waals surface area contributed by atoms with Gasteiger partial charge in [0.25, 0.3) is 0 Å². The van der Waals surface area contributed by atoms with Gasteiger partial charge in [-0.05, 0) is 26.7 Å². The molecular formula is C15H27N3O2. The molecule has 114 valence electrons. The van der Waals surface area contributed by atoms with E-state index in [1.54, 1.807) is 0 Å². The number of rotatable bonds is 2. The Kier molecular flexibility index (Phi) is 5.26. The number of hydrogen-bond donors (Lipinski definition) is 1. The Morgan fingerprint density at radius 3 is 2.05 bits per heavy atom. The van der Waals surface area contributed by atoms with E-state index < -0.39 is 0 Å². The van der Waals surface area contributed by atoms with Crippen LogP contribution in [0.4, 0.5) is 4.79 Å². The van der Waals surface area contributed by atoms with Crippen molar-refractivity contribution < 1.29 is 9.59 Å². The molecule has 0 spiro atoms. The van der Waals surface area contributed by atoms with Gasteiger partial charge < -0.3 is 15.1 Å². The maximum atomic E-state index is 12.4. The van der Waals surface area contributed by atoms with Crippen molar-refractivity contribution in [3.05, 3.63) is 0 Å². The summed E-state index contributed by atoms with van der Waals surface area (Å²) in [5.74, 6) is 0.549. The fourth-order valence-electron chi connectivity index (χ4n) is 3.08. The molecule has 20 heavy (non-hydrogen) atoms. The average Bonchev–Trinajstić information content (AvgIpc) is 2.47. The summed E-state index contributed by atoms with van der Waals surface area (Å²) in [5.41, 5.74) is 0. The topological polar surface area (TPSA) is 52.7 Å². The van der Waals surface area contributed by atoms with Crippen molar-refractivity contribution in [2.45, 2.75) is 52.0 Å². The van der Waals surface area contributed by atoms with Gasteiger partial charge >= 0.3 is 6.03 Å². The lowest BCUT2D eigenvalue weighted by Gasteiger charge is -2.37. The zero-order chi connectivity index (χ0) is 14.5. The van der Waals surface area contributed by atoms with E-state index in [1.165, 1.54) is 19.3 Å². The molecule has 0 aromatic heterocycles. The van der Waals surface area contributed by atoms with Gasteiger partial charge in [-0.1, -0.05) is 19.3 Å². The molecule has 5 heteroatoms. The molecule has 5 nitrogen and oxygen atoms in total. The van der Waals surface area contributed by atoms with Gasteiger partial charge in [0.05, 0.1) is 0 Å². The molecule has 0 aromatic carbocycles. The summed E-state index contributed by atoms with van der Waals surface area (Å²) < 4.78 is 0. The van der Waals surface area contributed by atoms with Gasteiger partial charge in [-0.2, -0.15) is 0 Å². The first-order valence-electron chi connectivity index (χ1n) is 7.92. The second kappa shape index (κ2) is 6.95. The maximum absolute atomic E-state index is 12.4. The Hall–Kier alpha value is -1.26. The number of nitrogens with one attached hydrogen (secondary N) is 1. The Balaban J connectivity index is 1.78. The average molecular weight is 281 g/mol. The second-order valence-corrected chi connectivity index (χ2v) is 6.25. The molecule has 0 radical (unpaired) electrons. The molecule has 2 fully saturated rings. The Morgan fingerprint density at radius 2 is 1.50 bits per heavy atom. The molecular weight excluding hydrogens is 254 g/mol. The van der Waals surface area contributed by atoms with Crippen LogP contribution in [0.1, 0.15) is 46.0 Å². The van der Waals surface area contributed by atoms with Crippen LogP contribution in [0.3, 0.4) is 0 Å². The van der Waals surface area contributed by atoms with Crippen LogP contribution in [0.2, 0.25) is 0 Å². The molecule has 2 aliphatic rings. The third-order valence-electron chi connectivity index (χ3n) is 4.25. The molecule has 1 N–H and O–H groups in total. The number of nitrogens with zero attached hydrogens (tertiary/aromatic N) is 2. The van der Waals surface area contributed by atoms with E-state index in [2.05, 4.69) is 5.32 Å². The van der Waals surface area contributed by atoms with Gasteiger partial charge in [-0.25, -0.2) is 4.79 Å². The van der Waals surface area contributed by atoms with Crippen molar-refractivity contribution >= 4 is 11.9 Å². The van der Waals surface area contributed by atoms with Gasteiger partial charge in [-0.15, -0.1) is 0 Å². The molecule has 2 rings (SSSR count). The minimum absolute atomic E-state index is 0.00948. The van der Waals surface area contributed by atoms with Gasteiger partial charge in [0.1, 0.15) is 0 Å². The highest BCUT2D eigenvalue weighted by atomic mass is 16.2. The van der Waals surface area contributed by atoms with Crippen LogP contribution in [0.25, 0.3) is 0 Å². The number of hydrogen-bond acceptors (Lipinski definition) is 2. The number of amides is 3. The zero-order valence-electron chi connectivity index (χ0n) is 12.7. The van der Waals surface area contributed by atoms with Crippen molar-refractivity contribution in [2.24, 2.45) is 5.92 Å². The highest BCUT2D eigenvalue weighted by Crippen LogP contribution is 2.25. The predicted octanol–water partition coefficient (Wildman–Crippen LogP) is 1.83. The van der Waals surface area contributed by atoms with Crippen molar-refractivity contribution in [3.63, 3.8) is 0 Å². The monoisotopic (exact) mass is 281 g/mol. The van der Waals surface area contributed by atoms with E-state index in [4.69, 9.17) is 0 Å². The normalized spacial score (nSPS) is 21.1. The molecule has 0 atom stereocenters. The lowest BCUT2D eigenvalue weighted by Crippen LogP contribution is -2.55. The van der Waals surface area contributed by atoms with Crippen LogP contribution in [-0.4, -0.2) is 54.0 Å². The minimum Gasteiger partial charge on any atom is -0.339 e. The minimum atomic E-state index is -0.00948. The highest BCUT2D eigenvalue weighted by molar-refractivity contribution is 5.79. The Labute approximate surface area is 121 Å². The maximum Gasteiger partial charge on any atom is 0.317 e. The second-order valence-electron chi connectivity index (χ2n) is 6.25. The van der Waals surface area contributed by atoms with E-state index in [0.717, 1.165) is 12.8 Å². The fraction of sp³-hybridized carbons (Fsp3) is 0.867. The van der Waals surface area contributed by atoms with Gasteiger partial charge in [0.15, 0.2) is 0 Å². The lowest BCUT2D eigenvalue weighted by molar-refractivity contribution is -0.138. The van der Waals surface area contributed by atoms with E-state index in [1.807, 2.05) is 23.6 Å². The molecule has 1 saturated carbocycles. The van der Waals surface area contributed by atoms with Crippen LogP contribution in [0.5, 0.6) is 0 Å². The number of carbonyl (C=O) groups is 2. The summed E-state index contributed by atoms with van der Waals surface area (Å²) in [6.07, 6.45) is 5.74. The Morgan fingerprint density at radius 1 is 0.950 bits per heavy atom. The number of carbonyl (C=O) groups excluding carboxylic acids is 2. The summed E-state index contributed by atoms with van der Waals surface area (Å²) in [7, 11) is 0. The predicted molar refractivity (Wildman–Crippen MR) is 78.4 cm³/mol. The summed E-state index contributed by atoms with van der Waals surface area (Å²) in [5, 5.41) is 2.90. The molecule has 1 heterocycles. The number of piperazine rings is 1. The van der Waals surface area contributed by atoms with E-state index >= 15 is 0 Å². The highest BCUT2D eigenvalue weighted by Gasteiger charge is 2.29. The van der Waals surface area contributed by atoms with E-state index in [0.29, 0.717) is 32.1 Å². The van der Waals surface area contributed by atoms with Crippen molar-refractivity contribution in [2.75, 3.05) is 26.2 Å². The van der Waals surface area contributed by atoms with Gasteiger partial charge in [0, 0.05) is 38.1 Å². The molecule has 0 bridgehead atoms. The van der Waals surface area contributed by atoms with Crippen LogP contribution in [0.15, 0.2) is 0 Å². The van der Waals surface area contributed by atoms with Crippen LogP contribution < -0.4 is 5.32 Å².